The van der Waals surface area contributed by atoms with Gasteiger partial charge in [0.1, 0.15) is 5.82 Å². The number of aliphatic hydroxyl groups is 1. The van der Waals surface area contributed by atoms with E-state index in [4.69, 9.17) is 0 Å². The van der Waals surface area contributed by atoms with Gasteiger partial charge in [-0.05, 0) is 56.3 Å². The number of likely N-dealkylation sites (N-methyl/N-ethyl adjacent to an activating group) is 1. The fourth-order valence-electron chi connectivity index (χ4n) is 1.88. The minimum atomic E-state index is -0.195. The van der Waals surface area contributed by atoms with Crippen LogP contribution in [0.5, 0.6) is 0 Å². The molecule has 0 bridgehead atoms. The molecule has 1 aromatic rings. The van der Waals surface area contributed by atoms with Gasteiger partial charge < -0.3 is 10.4 Å². The van der Waals surface area contributed by atoms with Crippen molar-refractivity contribution in [3.8, 4) is 0 Å². The van der Waals surface area contributed by atoms with E-state index in [9.17, 15) is 9.50 Å². The van der Waals surface area contributed by atoms with Crippen molar-refractivity contribution in [2.45, 2.75) is 36.6 Å². The lowest BCUT2D eigenvalue weighted by molar-refractivity contribution is 0.154. The van der Waals surface area contributed by atoms with Gasteiger partial charge in [-0.2, -0.15) is 0 Å². The molecule has 18 heavy (non-hydrogen) atoms. The lowest BCUT2D eigenvalue weighted by atomic mass is 9.92. The predicted molar refractivity (Wildman–Crippen MR) is 75.5 cm³/mol. The summed E-state index contributed by atoms with van der Waals surface area (Å²) in [7, 11) is 1.90. The summed E-state index contributed by atoms with van der Waals surface area (Å²) in [5, 5.41) is 12.6. The highest BCUT2D eigenvalue weighted by Crippen LogP contribution is 2.22. The molecule has 0 saturated carbocycles. The van der Waals surface area contributed by atoms with Crippen LogP contribution in [0.3, 0.4) is 0 Å². The predicted octanol–water partition coefficient (Wildman–Crippen LogP) is 3.06. The molecule has 0 heterocycles. The molecule has 1 atom stereocenters. The van der Waals surface area contributed by atoms with Crippen LogP contribution < -0.4 is 5.32 Å². The Balaban J connectivity index is 2.31. The molecule has 0 saturated heterocycles. The van der Waals surface area contributed by atoms with Crippen LogP contribution in [0.4, 0.5) is 4.39 Å². The van der Waals surface area contributed by atoms with E-state index in [0.717, 1.165) is 29.9 Å². The molecule has 1 rings (SSSR count). The number of hydrogen-bond donors (Lipinski definition) is 2. The second kappa shape index (κ2) is 7.77. The van der Waals surface area contributed by atoms with Gasteiger partial charge in [0.05, 0.1) is 6.61 Å². The molecular weight excluding hydrogens is 249 g/mol. The first kappa shape index (κ1) is 15.5. The lowest BCUT2D eigenvalue weighted by Gasteiger charge is -2.30. The third-order valence-electron chi connectivity index (χ3n) is 3.39. The van der Waals surface area contributed by atoms with E-state index in [-0.39, 0.29) is 18.0 Å². The molecule has 0 aliphatic heterocycles. The number of benzene rings is 1. The van der Waals surface area contributed by atoms with Gasteiger partial charge in [0.2, 0.25) is 0 Å². The van der Waals surface area contributed by atoms with Gasteiger partial charge in [-0.25, -0.2) is 4.39 Å². The highest BCUT2D eigenvalue weighted by Gasteiger charge is 2.23. The van der Waals surface area contributed by atoms with Crippen LogP contribution in [0.25, 0.3) is 0 Å². The van der Waals surface area contributed by atoms with E-state index in [2.05, 4.69) is 12.2 Å². The summed E-state index contributed by atoms with van der Waals surface area (Å²) in [5.74, 6) is 0.787. The summed E-state index contributed by atoms with van der Waals surface area (Å²) in [4.78, 5) is 1.09. The zero-order valence-electron chi connectivity index (χ0n) is 11.1. The van der Waals surface area contributed by atoms with Gasteiger partial charge >= 0.3 is 0 Å². The minimum absolute atomic E-state index is 0.149. The molecule has 2 N–H and O–H groups in total. The van der Waals surface area contributed by atoms with E-state index >= 15 is 0 Å². The monoisotopic (exact) mass is 271 g/mol. The molecule has 0 aromatic heterocycles. The zero-order valence-corrected chi connectivity index (χ0v) is 11.9. The summed E-state index contributed by atoms with van der Waals surface area (Å²) in [6, 6.07) is 6.58. The smallest absolute Gasteiger partial charge is 0.123 e. The van der Waals surface area contributed by atoms with Gasteiger partial charge in [-0.15, -0.1) is 11.8 Å². The second-order valence-electron chi connectivity index (χ2n) is 4.45. The van der Waals surface area contributed by atoms with E-state index in [1.54, 1.807) is 23.9 Å². The average Bonchev–Trinajstić information content (AvgIpc) is 2.42. The van der Waals surface area contributed by atoms with E-state index in [1.165, 1.54) is 12.1 Å². The number of aliphatic hydroxyl groups excluding tert-OH is 1. The number of nitrogens with one attached hydrogen (secondary N) is 1. The van der Waals surface area contributed by atoms with Gasteiger partial charge in [0.25, 0.3) is 0 Å². The fourth-order valence-corrected chi connectivity index (χ4v) is 2.73. The number of thioether (sulfide) groups is 1. The number of rotatable bonds is 8. The van der Waals surface area contributed by atoms with E-state index in [0.29, 0.717) is 0 Å². The quantitative estimate of drug-likeness (QED) is 0.563. The normalized spacial score (nSPS) is 14.4. The van der Waals surface area contributed by atoms with Gasteiger partial charge in [0, 0.05) is 10.4 Å². The average molecular weight is 271 g/mol. The lowest BCUT2D eigenvalue weighted by Crippen LogP contribution is -2.45. The number of halogens is 1. The van der Waals surface area contributed by atoms with Gasteiger partial charge in [0.15, 0.2) is 0 Å². The second-order valence-corrected chi connectivity index (χ2v) is 5.62. The maximum atomic E-state index is 12.7. The molecule has 0 spiro atoms. The van der Waals surface area contributed by atoms with Crippen molar-refractivity contribution >= 4 is 11.8 Å². The van der Waals surface area contributed by atoms with E-state index < -0.39 is 0 Å². The largest absolute Gasteiger partial charge is 0.394 e. The van der Waals surface area contributed by atoms with Crippen molar-refractivity contribution in [2.24, 2.45) is 0 Å². The van der Waals surface area contributed by atoms with Gasteiger partial charge in [-0.1, -0.05) is 6.92 Å². The maximum Gasteiger partial charge on any atom is 0.123 e. The number of hydrogen-bond acceptors (Lipinski definition) is 3. The summed E-state index contributed by atoms with van der Waals surface area (Å²) >= 11 is 1.73. The first-order valence-electron chi connectivity index (χ1n) is 6.34. The third-order valence-corrected chi connectivity index (χ3v) is 4.49. The van der Waals surface area contributed by atoms with Crippen molar-refractivity contribution in [2.75, 3.05) is 19.4 Å². The zero-order chi connectivity index (χ0) is 13.4. The maximum absolute atomic E-state index is 12.7. The Kier molecular flexibility index (Phi) is 6.68. The van der Waals surface area contributed by atoms with Crippen molar-refractivity contribution in [1.82, 2.24) is 5.32 Å². The molecule has 0 radical (unpaired) electrons. The Hall–Kier alpha value is -0.580. The topological polar surface area (TPSA) is 32.3 Å². The van der Waals surface area contributed by atoms with Crippen LogP contribution in [-0.2, 0) is 0 Å². The van der Waals surface area contributed by atoms with Crippen molar-refractivity contribution in [3.05, 3.63) is 30.1 Å². The minimum Gasteiger partial charge on any atom is -0.394 e. The highest BCUT2D eigenvalue weighted by molar-refractivity contribution is 7.99. The van der Waals surface area contributed by atoms with Crippen LogP contribution in [0.15, 0.2) is 29.2 Å². The molecule has 0 fully saturated rings. The summed E-state index contributed by atoms with van der Waals surface area (Å²) < 4.78 is 12.7. The molecule has 4 heteroatoms. The molecule has 2 nitrogen and oxygen atoms in total. The molecule has 102 valence electrons. The highest BCUT2D eigenvalue weighted by atomic mass is 32.2. The Morgan fingerprint density at radius 2 is 2.00 bits per heavy atom. The van der Waals surface area contributed by atoms with Crippen molar-refractivity contribution in [3.63, 3.8) is 0 Å². The third kappa shape index (κ3) is 4.59. The van der Waals surface area contributed by atoms with Crippen LogP contribution in [0, 0.1) is 5.82 Å². The molecule has 0 aliphatic carbocycles. The molecule has 0 aliphatic rings. The SMILES string of the molecule is CCC(CO)(CCCSc1ccc(F)cc1)NC. The van der Waals surface area contributed by atoms with E-state index in [1.807, 2.05) is 7.05 Å². The molecule has 1 unspecified atom stereocenters. The van der Waals surface area contributed by atoms with Crippen molar-refractivity contribution in [1.29, 1.82) is 0 Å². The van der Waals surface area contributed by atoms with Gasteiger partial charge in [-0.3, -0.25) is 0 Å². The Morgan fingerprint density at radius 1 is 1.33 bits per heavy atom. The molecular formula is C14H22FNOS. The molecule has 0 amide bonds. The molecule has 1 aromatic carbocycles. The first-order chi connectivity index (χ1) is 8.65. The van der Waals surface area contributed by atoms with Crippen LogP contribution >= 0.6 is 11.8 Å². The summed E-state index contributed by atoms with van der Waals surface area (Å²) in [6.07, 6.45) is 2.89. The van der Waals surface area contributed by atoms with Crippen LogP contribution in [-0.4, -0.2) is 30.1 Å². The van der Waals surface area contributed by atoms with Crippen LogP contribution in [0.2, 0.25) is 0 Å². The standard InChI is InChI=1S/C14H22FNOS/c1-3-14(11-17,16-2)9-4-10-18-13-7-5-12(15)6-8-13/h5-8,16-17H,3-4,9-11H2,1-2H3. The fraction of sp³-hybridized carbons (Fsp3) is 0.571. The first-order valence-corrected chi connectivity index (χ1v) is 7.32. The van der Waals surface area contributed by atoms with Crippen LogP contribution in [0.1, 0.15) is 26.2 Å². The Bertz CT molecular complexity index is 330. The summed E-state index contributed by atoms with van der Waals surface area (Å²) in [6.45, 7) is 2.25. The Morgan fingerprint density at radius 3 is 2.50 bits per heavy atom. The van der Waals surface area contributed by atoms with Crippen molar-refractivity contribution < 1.29 is 9.50 Å². The Labute approximate surface area is 113 Å². The summed E-state index contributed by atoms with van der Waals surface area (Å²) in [5.41, 5.74) is -0.149.